The van der Waals surface area contributed by atoms with Crippen LogP contribution in [-0.4, -0.2) is 93.2 Å². The van der Waals surface area contributed by atoms with Crippen molar-refractivity contribution in [1.82, 2.24) is 60.1 Å². The highest BCUT2D eigenvalue weighted by molar-refractivity contribution is 6.29. The van der Waals surface area contributed by atoms with E-state index in [9.17, 15) is 62.3 Å². The van der Waals surface area contributed by atoms with Gasteiger partial charge in [-0.05, 0) is 160 Å². The fourth-order valence-electron chi connectivity index (χ4n) is 9.04. The highest BCUT2D eigenvalue weighted by atomic mass is 35.5. The number of nitrogens with two attached hydrogens (primary N) is 1. The number of fused-ring (bicyclic) bond motifs is 1. The zero-order valence-corrected chi connectivity index (χ0v) is 56.0. The van der Waals surface area contributed by atoms with E-state index < -0.39 is 58.8 Å². The molecule has 0 aliphatic heterocycles. The maximum Gasteiger partial charge on any atom is 0.416 e. The maximum atomic E-state index is 13.1. The minimum Gasteiger partial charge on any atom is -0.481 e. The van der Waals surface area contributed by atoms with Crippen LogP contribution < -0.4 is 46.5 Å². The molecule has 7 N–H and O–H groups in total. The Morgan fingerprint density at radius 2 is 0.838 bits per heavy atom. The minimum absolute atomic E-state index is 0.00985. The van der Waals surface area contributed by atoms with Gasteiger partial charge in [0.1, 0.15) is 5.69 Å². The van der Waals surface area contributed by atoms with Crippen LogP contribution in [0.3, 0.4) is 0 Å². The number of ether oxygens (including phenoxy) is 3. The van der Waals surface area contributed by atoms with E-state index in [2.05, 4.69) is 82.1 Å². The van der Waals surface area contributed by atoms with E-state index in [1.165, 1.54) is 82.4 Å². The zero-order chi connectivity index (χ0) is 76.0. The normalized spacial score (nSPS) is 11.3. The molecule has 36 heteroatoms. The molecule has 12 rings (SSSR count). The minimum atomic E-state index is -4.58. The number of nitrogens with zero attached hydrogens (tertiary/aromatic N) is 12. The summed E-state index contributed by atoms with van der Waals surface area (Å²) in [6.07, 6.45) is -12.0. The Labute approximate surface area is 592 Å². The highest BCUT2D eigenvalue weighted by Gasteiger charge is 2.35. The van der Waals surface area contributed by atoms with E-state index in [1.54, 1.807) is 79.2 Å². The quantitative estimate of drug-likeness (QED) is 0.0410. The molecule has 0 spiro atoms. The van der Waals surface area contributed by atoms with Crippen molar-refractivity contribution in [3.05, 3.63) is 238 Å². The second-order valence-corrected chi connectivity index (χ2v) is 22.2. The molecule has 2 amide bonds. The van der Waals surface area contributed by atoms with Crippen molar-refractivity contribution in [3.8, 4) is 34.8 Å². The number of hydrogen-bond acceptors (Lipinski definition) is 20. The summed E-state index contributed by atoms with van der Waals surface area (Å²) in [6.45, 7) is 5.36. The molecular weight excluding hydrogens is 1420 g/mol. The van der Waals surface area contributed by atoms with Crippen LogP contribution in [0.5, 0.6) is 17.6 Å². The number of alkyl halides is 12. The molecule has 0 saturated carbocycles. The summed E-state index contributed by atoms with van der Waals surface area (Å²) in [5.74, 6) is 0.169. The standard InChI is InChI=1S/C19H16F3N5O2.C19H14F3N5.C18H13ClF3N5O2.C13H12F3N3O/c1-11-3-6-15(27-26-11)18(28)25-16-9-12(19(20,21)22)4-7-14(16)24-13-5-8-17(29-2)23-10-13;1-11-3-6-14(10-23-11)27-17-8-5-13(19(20,21)22)9-16(17)24-18(27)15-7-4-12(2)25-26-15;1-29-16-7-3-11(9-23-16)24-12-4-2-10(18(20,21)22)8-14(12)25-17(28)13-5-6-15(19)27-26-13;1-20-12-5-3-9(7-18-12)19-11-4-2-8(6-10(11)17)13(14,15)16/h3-10,24H,1-2H3,(H,25,28);3-10H,1-2H3;2-9,24H,1H3,(H,25,28);2-7,19H,17H2,1H3. The highest BCUT2D eigenvalue weighted by Crippen LogP contribution is 2.40. The van der Waals surface area contributed by atoms with Crippen LogP contribution in [0.25, 0.3) is 28.2 Å². The molecule has 542 valence electrons. The molecule has 0 aliphatic rings. The lowest BCUT2D eigenvalue weighted by Gasteiger charge is -2.16. The van der Waals surface area contributed by atoms with Crippen LogP contribution in [-0.2, 0) is 24.7 Å². The van der Waals surface area contributed by atoms with Gasteiger partial charge < -0.3 is 46.5 Å². The summed E-state index contributed by atoms with van der Waals surface area (Å²) in [7, 11) is 4.41. The Bertz CT molecular complexity index is 4800. The largest absolute Gasteiger partial charge is 0.481 e. The predicted octanol–water partition coefficient (Wildman–Crippen LogP) is 16.7. The van der Waals surface area contributed by atoms with Crippen molar-refractivity contribution in [2.75, 3.05) is 53.6 Å². The van der Waals surface area contributed by atoms with Crippen molar-refractivity contribution in [2.45, 2.75) is 45.5 Å². The van der Waals surface area contributed by atoms with Crippen LogP contribution in [0, 0.1) is 20.8 Å². The van der Waals surface area contributed by atoms with E-state index in [-0.39, 0.29) is 50.5 Å². The summed E-state index contributed by atoms with van der Waals surface area (Å²) >= 11 is 5.63. The average Bonchev–Trinajstić information content (AvgIpc) is 1.61. The number of hydrogen-bond donors (Lipinski definition) is 6. The Kier molecular flexibility index (Phi) is 23.9. The van der Waals surface area contributed by atoms with Gasteiger partial charge in [-0.25, -0.2) is 19.9 Å². The van der Waals surface area contributed by atoms with E-state index in [0.717, 1.165) is 59.9 Å². The second-order valence-electron chi connectivity index (χ2n) is 21.9. The van der Waals surface area contributed by atoms with Crippen LogP contribution in [0.4, 0.5) is 104 Å². The predicted molar refractivity (Wildman–Crippen MR) is 365 cm³/mol. The third kappa shape index (κ3) is 20.7. The monoisotopic (exact) mass is 1480 g/mol. The topological polar surface area (TPSA) is 295 Å². The lowest BCUT2D eigenvalue weighted by Crippen LogP contribution is -2.16. The Morgan fingerprint density at radius 1 is 0.419 bits per heavy atom. The molecule has 8 heterocycles. The maximum absolute atomic E-state index is 13.1. The van der Waals surface area contributed by atoms with Gasteiger partial charge in [-0.2, -0.15) is 62.9 Å². The van der Waals surface area contributed by atoms with Crippen LogP contribution in [0.1, 0.15) is 60.3 Å². The third-order valence-corrected chi connectivity index (χ3v) is 14.5. The van der Waals surface area contributed by atoms with Crippen molar-refractivity contribution >= 4 is 85.6 Å². The van der Waals surface area contributed by atoms with E-state index >= 15 is 0 Å². The van der Waals surface area contributed by atoms with Crippen molar-refractivity contribution < 1.29 is 76.5 Å². The van der Waals surface area contributed by atoms with Crippen LogP contribution >= 0.6 is 11.6 Å². The molecule has 23 nitrogen and oxygen atoms in total. The first-order valence-corrected chi connectivity index (χ1v) is 30.6. The lowest BCUT2D eigenvalue weighted by atomic mass is 10.1. The number of rotatable bonds is 15. The summed E-state index contributed by atoms with van der Waals surface area (Å²) < 4.78 is 172. The average molecular weight is 1480 g/mol. The number of halogens is 13. The molecule has 105 heavy (non-hydrogen) atoms. The number of amides is 2. The Hall–Kier alpha value is -12.8. The van der Waals surface area contributed by atoms with Gasteiger partial charge in [0.15, 0.2) is 22.4 Å². The molecule has 0 atom stereocenters. The van der Waals surface area contributed by atoms with Gasteiger partial charge in [-0.3, -0.25) is 19.1 Å². The lowest BCUT2D eigenvalue weighted by molar-refractivity contribution is -0.138. The van der Waals surface area contributed by atoms with Gasteiger partial charge in [0, 0.05) is 23.9 Å². The summed E-state index contributed by atoms with van der Waals surface area (Å²) in [5.41, 5.74) is 8.47. The SMILES string of the molecule is COc1ccc(Nc2ccc(C(F)(F)F)cc2N)cn1.COc1ccc(Nc2ccc(C(F)(F)F)cc2NC(=O)c2ccc(C)nn2)cn1.COc1ccc(Nc2ccc(C(F)(F)F)cc2NC(=O)c2ccc(Cl)nn2)cn1.Cc1ccc(-n2c(-c3ccc(C)nn3)nc3cc(C(F)(F)F)ccc32)cn1. The van der Waals surface area contributed by atoms with Gasteiger partial charge in [0.05, 0.1) is 148 Å². The molecule has 4 aromatic carbocycles. The van der Waals surface area contributed by atoms with E-state index in [0.29, 0.717) is 68.8 Å². The number of carbonyl (C=O) groups excluding carboxylic acids is 2. The van der Waals surface area contributed by atoms with Crippen LogP contribution in [0.2, 0.25) is 5.15 Å². The molecule has 0 fully saturated rings. The number of benzene rings is 4. The molecule has 12 aromatic rings. The summed E-state index contributed by atoms with van der Waals surface area (Å²) in [5, 5.41) is 36.5. The molecule has 0 radical (unpaired) electrons. The van der Waals surface area contributed by atoms with Gasteiger partial charge in [-0.15, -0.1) is 20.4 Å². The molecule has 0 saturated heterocycles. The number of imidazole rings is 1. The first kappa shape index (κ1) is 76.4. The molecule has 8 aromatic heterocycles. The van der Waals surface area contributed by atoms with Gasteiger partial charge in [-0.1, -0.05) is 11.6 Å². The number of nitrogen functional groups attached to an aromatic ring is 1. The number of carbonyl (C=O) groups is 2. The Morgan fingerprint density at radius 3 is 1.23 bits per heavy atom. The summed E-state index contributed by atoms with van der Waals surface area (Å²) in [4.78, 5) is 45.5. The molecule has 0 bridgehead atoms. The molecule has 0 aliphatic carbocycles. The third-order valence-electron chi connectivity index (χ3n) is 14.3. The molecule has 0 unspecified atom stereocenters. The fraction of sp³-hybridized carbons (Fsp3) is 0.145. The second kappa shape index (κ2) is 32.9. The van der Waals surface area contributed by atoms with Crippen molar-refractivity contribution in [3.63, 3.8) is 0 Å². The smallest absolute Gasteiger partial charge is 0.416 e. The Balaban J connectivity index is 0.000000164. The first-order chi connectivity index (χ1) is 49.7. The summed E-state index contributed by atoms with van der Waals surface area (Å²) in [6, 6.07) is 35.1. The van der Waals surface area contributed by atoms with Gasteiger partial charge in [0.25, 0.3) is 11.8 Å². The van der Waals surface area contributed by atoms with Crippen molar-refractivity contribution in [2.24, 2.45) is 0 Å². The van der Waals surface area contributed by atoms with Crippen molar-refractivity contribution in [1.29, 1.82) is 0 Å². The number of aryl methyl sites for hydroxylation is 3. The van der Waals surface area contributed by atoms with Gasteiger partial charge in [0.2, 0.25) is 17.6 Å². The number of anilines is 9. The number of aromatic nitrogens is 12. The first-order valence-electron chi connectivity index (χ1n) is 30.2. The number of methoxy groups -OCH3 is 3. The van der Waals surface area contributed by atoms with Gasteiger partial charge >= 0.3 is 24.7 Å². The number of pyridine rings is 4. The van der Waals surface area contributed by atoms with Crippen LogP contribution in [0.15, 0.2) is 183 Å². The molecular formula is C69H55ClF12N18O5. The fourth-order valence-corrected chi connectivity index (χ4v) is 9.14. The zero-order valence-electron chi connectivity index (χ0n) is 55.2. The van der Waals surface area contributed by atoms with E-state index in [4.69, 9.17) is 31.5 Å². The number of nitrogens with one attached hydrogen (secondary N) is 5. The van der Waals surface area contributed by atoms with E-state index in [1.807, 2.05) is 19.1 Å².